The molecule has 0 saturated carbocycles. The summed E-state index contributed by atoms with van der Waals surface area (Å²) in [6, 6.07) is 17.4. The quantitative estimate of drug-likeness (QED) is 0.0597. The third-order valence-electron chi connectivity index (χ3n) is 8.07. The van der Waals surface area contributed by atoms with Gasteiger partial charge in [0.2, 0.25) is 0 Å². The zero-order chi connectivity index (χ0) is 35.3. The number of carbonyl (C=O) groups excluding carboxylic acids is 2. The molecule has 0 aliphatic carbocycles. The Balaban J connectivity index is 0.892. The first-order valence-electron chi connectivity index (χ1n) is 16.7. The van der Waals surface area contributed by atoms with Gasteiger partial charge in [-0.2, -0.15) is 0 Å². The van der Waals surface area contributed by atoms with Crippen molar-refractivity contribution in [2.75, 3.05) is 59.5 Å². The molecule has 260 valence electrons. The summed E-state index contributed by atoms with van der Waals surface area (Å²) in [7, 11) is 2.07. The molecular formula is C40H43N3O7. The van der Waals surface area contributed by atoms with Crippen molar-refractivity contribution in [2.24, 2.45) is 13.0 Å². The van der Waals surface area contributed by atoms with E-state index in [2.05, 4.69) is 51.6 Å². The van der Waals surface area contributed by atoms with Crippen molar-refractivity contribution in [1.29, 1.82) is 0 Å². The number of Topliss-reactive ketones (excluding diaryl/α,β-unsaturated/α-hetero) is 2. The molecule has 0 atom stereocenters. The maximum Gasteiger partial charge on any atom is 0.166 e. The molecule has 3 heterocycles. The molecule has 0 saturated heterocycles. The molecule has 0 bridgehead atoms. The van der Waals surface area contributed by atoms with E-state index < -0.39 is 0 Å². The van der Waals surface area contributed by atoms with Gasteiger partial charge >= 0.3 is 0 Å². The minimum Gasteiger partial charge on any atom is -0.491 e. The van der Waals surface area contributed by atoms with E-state index >= 15 is 0 Å². The minimum atomic E-state index is -0.215. The fraction of sp³-hybridized carbons (Fsp3) is 0.350. The number of fused-ring (bicyclic) bond motifs is 3. The lowest BCUT2D eigenvalue weighted by Gasteiger charge is -2.12. The second-order valence-corrected chi connectivity index (χ2v) is 11.9. The second kappa shape index (κ2) is 18.2. The zero-order valence-electron chi connectivity index (χ0n) is 29.1. The molecule has 0 aliphatic rings. The van der Waals surface area contributed by atoms with Crippen LogP contribution in [0.2, 0.25) is 0 Å². The number of ether oxygens (including phenoxy) is 5. The Morgan fingerprint density at radius 2 is 1.44 bits per heavy atom. The maximum atomic E-state index is 12.5. The van der Waals surface area contributed by atoms with Gasteiger partial charge in [0.15, 0.2) is 11.6 Å². The number of nitrogens with zero attached hydrogens (tertiary/aromatic N) is 3. The maximum absolute atomic E-state index is 12.5. The number of ketones is 2. The summed E-state index contributed by atoms with van der Waals surface area (Å²) in [5, 5.41) is 2.33. The predicted molar refractivity (Wildman–Crippen MR) is 193 cm³/mol. The molecule has 2 aromatic carbocycles. The van der Waals surface area contributed by atoms with Crippen LogP contribution in [0.5, 0.6) is 5.75 Å². The molecule has 5 aromatic rings. The summed E-state index contributed by atoms with van der Waals surface area (Å²) in [4.78, 5) is 33.2. The Morgan fingerprint density at radius 1 is 0.740 bits per heavy atom. The number of rotatable bonds is 18. The van der Waals surface area contributed by atoms with Crippen molar-refractivity contribution in [1.82, 2.24) is 14.5 Å². The SMILES string of the molecule is CC(=O)c1ccc(OCCOCCOCCOCCOCC#Cc2ccc(-c3ccc4c5cnccc5n(C)c4c3)cn2)cc1C(=O)C(C)C. The Morgan fingerprint density at radius 3 is 2.12 bits per heavy atom. The highest BCUT2D eigenvalue weighted by Gasteiger charge is 2.18. The van der Waals surface area contributed by atoms with Crippen LogP contribution in [-0.2, 0) is 26.0 Å². The van der Waals surface area contributed by atoms with Gasteiger partial charge in [0.25, 0.3) is 0 Å². The minimum absolute atomic E-state index is 0.0861. The van der Waals surface area contributed by atoms with Gasteiger partial charge in [-0.25, -0.2) is 4.98 Å². The van der Waals surface area contributed by atoms with Crippen LogP contribution in [0.3, 0.4) is 0 Å². The van der Waals surface area contributed by atoms with E-state index in [-0.39, 0.29) is 24.1 Å². The number of hydrogen-bond acceptors (Lipinski definition) is 9. The average molecular weight is 678 g/mol. The Labute approximate surface area is 292 Å². The van der Waals surface area contributed by atoms with E-state index in [4.69, 9.17) is 23.7 Å². The van der Waals surface area contributed by atoms with E-state index in [0.717, 1.165) is 27.5 Å². The molecule has 0 unspecified atom stereocenters. The van der Waals surface area contributed by atoms with E-state index in [0.29, 0.717) is 75.4 Å². The number of pyridine rings is 2. The van der Waals surface area contributed by atoms with Crippen LogP contribution in [0.1, 0.15) is 47.2 Å². The van der Waals surface area contributed by atoms with Crippen molar-refractivity contribution in [3.63, 3.8) is 0 Å². The summed E-state index contributed by atoms with van der Waals surface area (Å²) in [6.07, 6.45) is 5.58. The highest BCUT2D eigenvalue weighted by molar-refractivity contribution is 6.09. The van der Waals surface area contributed by atoms with Gasteiger partial charge in [-0.05, 0) is 54.8 Å². The molecule has 3 aromatic heterocycles. The Hall–Kier alpha value is -4.92. The summed E-state index contributed by atoms with van der Waals surface area (Å²) in [6.45, 7) is 8.66. The van der Waals surface area contributed by atoms with Crippen molar-refractivity contribution < 1.29 is 33.3 Å². The molecule has 0 N–H and O–H groups in total. The fourth-order valence-electron chi connectivity index (χ4n) is 5.43. The lowest BCUT2D eigenvalue weighted by molar-refractivity contribution is -0.00188. The van der Waals surface area contributed by atoms with Crippen LogP contribution in [0.15, 0.2) is 73.2 Å². The number of benzene rings is 2. The third-order valence-corrected chi connectivity index (χ3v) is 8.07. The summed E-state index contributed by atoms with van der Waals surface area (Å²) >= 11 is 0. The lowest BCUT2D eigenvalue weighted by atomic mass is 9.94. The van der Waals surface area contributed by atoms with Crippen LogP contribution in [0.25, 0.3) is 32.9 Å². The van der Waals surface area contributed by atoms with E-state index in [1.165, 1.54) is 12.3 Å². The van der Waals surface area contributed by atoms with Gasteiger partial charge in [-0.3, -0.25) is 14.6 Å². The standard InChI is InChI=1S/C40H43N3O7/c1-28(2)40(45)36-25-33(10-12-34(36)29(3)44)50-23-22-49-21-20-48-19-18-47-17-16-46-15-5-6-32-9-7-31(26-42-32)30-8-11-35-37-27-41-14-13-38(37)43(4)39(35)24-30/h7-14,24-28H,15-23H2,1-4H3. The second-order valence-electron chi connectivity index (χ2n) is 11.9. The smallest absolute Gasteiger partial charge is 0.166 e. The van der Waals surface area contributed by atoms with Crippen LogP contribution in [0.4, 0.5) is 0 Å². The molecule has 5 rings (SSSR count). The highest BCUT2D eigenvalue weighted by atomic mass is 16.6. The topological polar surface area (TPSA) is 111 Å². The Kier molecular flexibility index (Phi) is 13.2. The van der Waals surface area contributed by atoms with Gasteiger partial charge < -0.3 is 28.3 Å². The van der Waals surface area contributed by atoms with Gasteiger partial charge in [-0.15, -0.1) is 0 Å². The molecular weight excluding hydrogens is 634 g/mol. The third kappa shape index (κ3) is 9.61. The van der Waals surface area contributed by atoms with Crippen LogP contribution >= 0.6 is 0 Å². The van der Waals surface area contributed by atoms with Gasteiger partial charge in [0.1, 0.15) is 24.7 Å². The summed E-state index contributed by atoms with van der Waals surface area (Å²) in [5.41, 5.74) is 5.92. The molecule has 10 heteroatoms. The van der Waals surface area contributed by atoms with Crippen molar-refractivity contribution in [3.8, 4) is 28.7 Å². The highest BCUT2D eigenvalue weighted by Crippen LogP contribution is 2.31. The van der Waals surface area contributed by atoms with Gasteiger partial charge in [0.05, 0.1) is 51.8 Å². The Bertz CT molecular complexity index is 1970. The monoisotopic (exact) mass is 677 g/mol. The lowest BCUT2D eigenvalue weighted by Crippen LogP contribution is -2.15. The van der Waals surface area contributed by atoms with Crippen molar-refractivity contribution in [2.45, 2.75) is 20.8 Å². The van der Waals surface area contributed by atoms with Crippen LogP contribution in [0, 0.1) is 17.8 Å². The fourth-order valence-corrected chi connectivity index (χ4v) is 5.43. The van der Waals surface area contributed by atoms with Gasteiger partial charge in [0, 0.05) is 64.5 Å². The molecule has 0 spiro atoms. The molecule has 10 nitrogen and oxygen atoms in total. The molecule has 0 radical (unpaired) electrons. The molecule has 0 amide bonds. The molecule has 50 heavy (non-hydrogen) atoms. The van der Waals surface area contributed by atoms with Crippen molar-refractivity contribution in [3.05, 3.63) is 90.0 Å². The number of aryl methyl sites for hydroxylation is 1. The normalized spacial score (nSPS) is 11.2. The predicted octanol–water partition coefficient (Wildman–Crippen LogP) is 6.33. The number of carbonyl (C=O) groups is 2. The van der Waals surface area contributed by atoms with Crippen LogP contribution < -0.4 is 4.74 Å². The van der Waals surface area contributed by atoms with E-state index in [1.54, 1.807) is 32.0 Å². The summed E-state index contributed by atoms with van der Waals surface area (Å²) < 4.78 is 30.1. The first kappa shape index (κ1) is 36.4. The summed E-state index contributed by atoms with van der Waals surface area (Å²) in [5.74, 6) is 6.13. The van der Waals surface area contributed by atoms with Crippen molar-refractivity contribution >= 4 is 33.4 Å². The molecule has 0 fully saturated rings. The first-order valence-corrected chi connectivity index (χ1v) is 16.7. The average Bonchev–Trinajstić information content (AvgIpc) is 3.41. The largest absolute Gasteiger partial charge is 0.491 e. The van der Waals surface area contributed by atoms with Crippen LogP contribution in [-0.4, -0.2) is 85.6 Å². The van der Waals surface area contributed by atoms with E-state index in [9.17, 15) is 9.59 Å². The number of hydrogen-bond donors (Lipinski definition) is 0. The zero-order valence-corrected chi connectivity index (χ0v) is 29.1. The number of aromatic nitrogens is 3. The van der Waals surface area contributed by atoms with E-state index in [1.807, 2.05) is 36.8 Å². The first-order chi connectivity index (χ1) is 24.3. The molecule has 0 aliphatic heterocycles. The van der Waals surface area contributed by atoms with Gasteiger partial charge in [-0.1, -0.05) is 38.0 Å².